The zero-order chi connectivity index (χ0) is 22.9. The van der Waals surface area contributed by atoms with Gasteiger partial charge in [-0.1, -0.05) is 0 Å². The monoisotopic (exact) mass is 436 g/mol. The van der Waals surface area contributed by atoms with Crippen LogP contribution in [0.2, 0.25) is 0 Å². The second-order valence-electron chi connectivity index (χ2n) is 6.83. The van der Waals surface area contributed by atoms with Gasteiger partial charge in [0, 0.05) is 16.6 Å². The van der Waals surface area contributed by atoms with E-state index in [1.54, 1.807) is 13.8 Å². The van der Waals surface area contributed by atoms with Crippen molar-refractivity contribution in [2.24, 2.45) is 0 Å². The second-order valence-corrected chi connectivity index (χ2v) is 6.83. The number of nitrogens with zero attached hydrogens (tertiary/aromatic N) is 1. The third-order valence-electron chi connectivity index (χ3n) is 4.85. The zero-order valence-corrected chi connectivity index (χ0v) is 16.5. The molecule has 31 heavy (non-hydrogen) atoms. The molecule has 3 rings (SSSR count). The van der Waals surface area contributed by atoms with Gasteiger partial charge in [0.1, 0.15) is 18.2 Å². The van der Waals surface area contributed by atoms with E-state index in [0.717, 1.165) is 12.1 Å². The maximum atomic E-state index is 13.2. The second kappa shape index (κ2) is 8.31. The maximum absolute atomic E-state index is 13.2. The number of halogens is 3. The maximum Gasteiger partial charge on any atom is 0.573 e. The molecule has 7 nitrogen and oxygen atoms in total. The highest BCUT2D eigenvalue weighted by atomic mass is 19.4. The molecule has 0 aliphatic rings. The molecular weight excluding hydrogens is 417 g/mol. The summed E-state index contributed by atoms with van der Waals surface area (Å²) in [5, 5.41) is 21.7. The number of hydrogen-bond acceptors (Lipinski definition) is 5. The summed E-state index contributed by atoms with van der Waals surface area (Å²) < 4.78 is 42.2. The number of ether oxygens (including phenoxy) is 1. The third-order valence-corrected chi connectivity index (χ3v) is 4.85. The normalized spacial score (nSPS) is 12.6. The minimum absolute atomic E-state index is 0.0678. The van der Waals surface area contributed by atoms with Gasteiger partial charge in [0.25, 0.3) is 5.91 Å². The number of hydrogen-bond donors (Lipinski definition) is 3. The molecular formula is C21H19F3N2O5. The van der Waals surface area contributed by atoms with Crippen LogP contribution >= 0.6 is 0 Å². The number of aliphatic hydroxyl groups excluding tert-OH is 1. The Bertz CT molecular complexity index is 1140. The number of carbonyl (C=O) groups is 2. The van der Waals surface area contributed by atoms with Gasteiger partial charge in [-0.25, -0.2) is 0 Å². The molecule has 0 unspecified atom stereocenters. The van der Waals surface area contributed by atoms with Gasteiger partial charge >= 0.3 is 6.36 Å². The topological polar surface area (TPSA) is 101 Å². The summed E-state index contributed by atoms with van der Waals surface area (Å²) in [4.78, 5) is 25.5. The molecule has 10 heteroatoms. The standard InChI is InChI=1S/C21H19F3N2O5/c1-11(19(29)25-10-27)18-12(2)26(17-8-5-14(28)9-16(17)18)20(30)13-3-6-15(7-4-13)31-21(22,23)24/h3-9,11,27-28H,10H2,1-2H3,(H,25,29)/t11-/m0/s1. The largest absolute Gasteiger partial charge is 0.573 e. The Morgan fingerprint density at radius 2 is 1.81 bits per heavy atom. The Morgan fingerprint density at radius 1 is 1.16 bits per heavy atom. The lowest BCUT2D eigenvalue weighted by Crippen LogP contribution is -2.29. The predicted octanol–water partition coefficient (Wildman–Crippen LogP) is 3.41. The zero-order valence-electron chi connectivity index (χ0n) is 16.5. The fraction of sp³-hybridized carbons (Fsp3) is 0.238. The lowest BCUT2D eigenvalue weighted by atomic mass is 9.97. The van der Waals surface area contributed by atoms with Crippen LogP contribution < -0.4 is 10.1 Å². The summed E-state index contributed by atoms with van der Waals surface area (Å²) in [6, 6.07) is 8.79. The molecule has 3 N–H and O–H groups in total. The summed E-state index contributed by atoms with van der Waals surface area (Å²) in [6.07, 6.45) is -4.85. The molecule has 0 bridgehead atoms. The molecule has 3 aromatic rings. The first kappa shape index (κ1) is 22.2. The Labute approximate surface area is 174 Å². The van der Waals surface area contributed by atoms with Gasteiger partial charge in [-0.15, -0.1) is 13.2 Å². The molecule has 1 atom stereocenters. The van der Waals surface area contributed by atoms with Crippen LogP contribution in [0.25, 0.3) is 10.9 Å². The number of aliphatic hydroxyl groups is 1. The number of alkyl halides is 3. The van der Waals surface area contributed by atoms with E-state index in [1.165, 1.54) is 34.9 Å². The van der Waals surface area contributed by atoms with E-state index in [2.05, 4.69) is 10.1 Å². The number of fused-ring (bicyclic) bond motifs is 1. The first-order valence-corrected chi connectivity index (χ1v) is 9.16. The highest BCUT2D eigenvalue weighted by Crippen LogP contribution is 2.35. The molecule has 0 spiro atoms. The summed E-state index contributed by atoms with van der Waals surface area (Å²) in [5.74, 6) is -2.30. The van der Waals surface area contributed by atoms with Crippen molar-refractivity contribution in [2.45, 2.75) is 26.1 Å². The number of benzene rings is 2. The first-order chi connectivity index (χ1) is 14.5. The van der Waals surface area contributed by atoms with Crippen molar-refractivity contribution in [3.8, 4) is 11.5 Å². The van der Waals surface area contributed by atoms with E-state index in [9.17, 15) is 27.9 Å². The van der Waals surface area contributed by atoms with Gasteiger partial charge in [-0.2, -0.15) is 0 Å². The van der Waals surface area contributed by atoms with Crippen LogP contribution in [0.1, 0.15) is 34.5 Å². The fourth-order valence-electron chi connectivity index (χ4n) is 3.53. The number of aromatic hydroxyl groups is 1. The molecule has 0 fully saturated rings. The van der Waals surface area contributed by atoms with Crippen LogP contribution in [0, 0.1) is 6.92 Å². The van der Waals surface area contributed by atoms with Crippen molar-refractivity contribution in [1.29, 1.82) is 0 Å². The fourth-order valence-corrected chi connectivity index (χ4v) is 3.53. The van der Waals surface area contributed by atoms with Crippen molar-refractivity contribution in [3.05, 3.63) is 59.3 Å². The quantitative estimate of drug-likeness (QED) is 0.532. The summed E-state index contributed by atoms with van der Waals surface area (Å²) >= 11 is 0. The van der Waals surface area contributed by atoms with E-state index in [1.807, 2.05) is 0 Å². The van der Waals surface area contributed by atoms with Crippen molar-refractivity contribution in [2.75, 3.05) is 6.73 Å². The minimum atomic E-state index is -4.85. The van der Waals surface area contributed by atoms with Crippen LogP contribution in [0.15, 0.2) is 42.5 Å². The van der Waals surface area contributed by atoms with Crippen molar-refractivity contribution in [1.82, 2.24) is 9.88 Å². The molecule has 0 aliphatic carbocycles. The molecule has 1 amide bonds. The van der Waals surface area contributed by atoms with Gasteiger partial charge in [0.05, 0.1) is 11.4 Å². The Morgan fingerprint density at radius 3 is 2.39 bits per heavy atom. The number of amides is 1. The van der Waals surface area contributed by atoms with Gasteiger partial charge < -0.3 is 20.3 Å². The van der Waals surface area contributed by atoms with Crippen LogP contribution in [0.3, 0.4) is 0 Å². The van der Waals surface area contributed by atoms with E-state index < -0.39 is 36.6 Å². The van der Waals surface area contributed by atoms with Gasteiger partial charge in [0.15, 0.2) is 0 Å². The van der Waals surface area contributed by atoms with E-state index in [4.69, 9.17) is 5.11 Å². The molecule has 164 valence electrons. The summed E-state index contributed by atoms with van der Waals surface area (Å²) in [5.41, 5.74) is 1.40. The Kier molecular flexibility index (Phi) is 5.94. The van der Waals surface area contributed by atoms with Crippen LogP contribution in [-0.2, 0) is 4.79 Å². The number of nitrogens with one attached hydrogen (secondary N) is 1. The average Bonchev–Trinajstić information content (AvgIpc) is 2.97. The van der Waals surface area contributed by atoms with Gasteiger partial charge in [0.2, 0.25) is 5.91 Å². The SMILES string of the molecule is Cc1c([C@H](C)C(=O)NCO)c2cc(O)ccc2n1C(=O)c1ccc(OC(F)(F)F)cc1. The number of carbonyl (C=O) groups excluding carboxylic acids is 2. The predicted molar refractivity (Wildman–Crippen MR) is 105 cm³/mol. The van der Waals surface area contributed by atoms with Crippen molar-refractivity contribution in [3.63, 3.8) is 0 Å². The Hall–Kier alpha value is -3.53. The molecule has 0 saturated carbocycles. The van der Waals surface area contributed by atoms with E-state index >= 15 is 0 Å². The van der Waals surface area contributed by atoms with Crippen LogP contribution in [0.4, 0.5) is 13.2 Å². The number of rotatable bonds is 5. The smallest absolute Gasteiger partial charge is 0.508 e. The number of aromatic nitrogens is 1. The third kappa shape index (κ3) is 4.48. The van der Waals surface area contributed by atoms with Crippen LogP contribution in [-0.4, -0.2) is 39.7 Å². The van der Waals surface area contributed by atoms with E-state index in [-0.39, 0.29) is 11.3 Å². The molecule has 0 saturated heterocycles. The van der Waals surface area contributed by atoms with Gasteiger partial charge in [-0.3, -0.25) is 14.2 Å². The van der Waals surface area contributed by atoms with Crippen LogP contribution in [0.5, 0.6) is 11.5 Å². The number of phenolic OH excluding ortho intramolecular Hbond substituents is 1. The van der Waals surface area contributed by atoms with Crippen molar-refractivity contribution >= 4 is 22.7 Å². The van der Waals surface area contributed by atoms with E-state index in [0.29, 0.717) is 22.2 Å². The molecule has 0 aliphatic heterocycles. The van der Waals surface area contributed by atoms with Crippen molar-refractivity contribution < 1.29 is 37.7 Å². The highest BCUT2D eigenvalue weighted by molar-refractivity contribution is 6.05. The summed E-state index contributed by atoms with van der Waals surface area (Å²) in [6.45, 7) is 2.65. The molecule has 2 aromatic carbocycles. The Balaban J connectivity index is 2.09. The lowest BCUT2D eigenvalue weighted by Gasteiger charge is -2.13. The number of phenols is 1. The minimum Gasteiger partial charge on any atom is -0.508 e. The van der Waals surface area contributed by atoms with Gasteiger partial charge in [-0.05, 0) is 61.9 Å². The molecule has 1 heterocycles. The molecule has 0 radical (unpaired) electrons. The molecule has 1 aromatic heterocycles. The lowest BCUT2D eigenvalue weighted by molar-refractivity contribution is -0.274. The highest BCUT2D eigenvalue weighted by Gasteiger charge is 2.31. The average molecular weight is 436 g/mol. The first-order valence-electron chi connectivity index (χ1n) is 9.16. The summed E-state index contributed by atoms with van der Waals surface area (Å²) in [7, 11) is 0.